The Kier molecular flexibility index (Phi) is 3.00. The van der Waals surface area contributed by atoms with E-state index in [9.17, 15) is 4.39 Å². The van der Waals surface area contributed by atoms with E-state index in [2.05, 4.69) is 10.1 Å². The Hall–Kier alpha value is -2.21. The zero-order chi connectivity index (χ0) is 13.2. The molecule has 2 heterocycles. The standard InChI is InChI=1S/C13H10FN3OS/c14-8-3-4-10(11(15)6-8)13-16-12(17-18-13)7-9-2-1-5-19-9/h1-6H,7,15H2. The first kappa shape index (κ1) is 11.9. The highest BCUT2D eigenvalue weighted by Crippen LogP contribution is 2.25. The van der Waals surface area contributed by atoms with Crippen molar-refractivity contribution in [3.63, 3.8) is 0 Å². The van der Waals surface area contributed by atoms with Gasteiger partial charge >= 0.3 is 0 Å². The van der Waals surface area contributed by atoms with Crippen molar-refractivity contribution in [2.45, 2.75) is 6.42 Å². The molecule has 0 bridgehead atoms. The summed E-state index contributed by atoms with van der Waals surface area (Å²) in [5.41, 5.74) is 6.56. The van der Waals surface area contributed by atoms with Gasteiger partial charge < -0.3 is 10.3 Å². The van der Waals surface area contributed by atoms with Crippen molar-refractivity contribution in [2.24, 2.45) is 0 Å². The van der Waals surface area contributed by atoms with Gasteiger partial charge in [0.15, 0.2) is 5.82 Å². The minimum atomic E-state index is -0.389. The Balaban J connectivity index is 1.88. The zero-order valence-electron chi connectivity index (χ0n) is 9.84. The van der Waals surface area contributed by atoms with Gasteiger partial charge in [-0.25, -0.2) is 4.39 Å². The molecule has 19 heavy (non-hydrogen) atoms. The number of benzene rings is 1. The molecule has 0 aliphatic heterocycles. The number of hydrogen-bond acceptors (Lipinski definition) is 5. The maximum atomic E-state index is 13.0. The molecule has 0 radical (unpaired) electrons. The number of rotatable bonds is 3. The van der Waals surface area contributed by atoms with Gasteiger partial charge in [-0.15, -0.1) is 11.3 Å². The average molecular weight is 275 g/mol. The van der Waals surface area contributed by atoms with Crippen LogP contribution in [0.5, 0.6) is 0 Å². The molecule has 96 valence electrons. The maximum Gasteiger partial charge on any atom is 0.260 e. The fraction of sp³-hybridized carbons (Fsp3) is 0.0769. The molecular weight excluding hydrogens is 265 g/mol. The lowest BCUT2D eigenvalue weighted by Gasteiger charge is -1.99. The summed E-state index contributed by atoms with van der Waals surface area (Å²) in [6, 6.07) is 8.06. The summed E-state index contributed by atoms with van der Waals surface area (Å²) in [7, 11) is 0. The second kappa shape index (κ2) is 4.81. The highest BCUT2D eigenvalue weighted by atomic mass is 32.1. The predicted octanol–water partition coefficient (Wildman–Crippen LogP) is 3.11. The van der Waals surface area contributed by atoms with Crippen molar-refractivity contribution < 1.29 is 8.91 Å². The summed E-state index contributed by atoms with van der Waals surface area (Å²) in [5, 5.41) is 5.90. The van der Waals surface area contributed by atoms with Crippen LogP contribution in [0.3, 0.4) is 0 Å². The molecule has 4 nitrogen and oxygen atoms in total. The van der Waals surface area contributed by atoms with E-state index in [1.165, 1.54) is 18.2 Å². The molecule has 0 aliphatic rings. The molecule has 0 unspecified atom stereocenters. The van der Waals surface area contributed by atoms with Crippen LogP contribution in [-0.2, 0) is 6.42 Å². The van der Waals surface area contributed by atoms with Crippen molar-refractivity contribution in [3.8, 4) is 11.5 Å². The Bertz CT molecular complexity index is 694. The van der Waals surface area contributed by atoms with Crippen LogP contribution >= 0.6 is 11.3 Å². The first-order valence-electron chi connectivity index (χ1n) is 5.63. The summed E-state index contributed by atoms with van der Waals surface area (Å²) in [5.74, 6) is 0.504. The van der Waals surface area contributed by atoms with Gasteiger partial charge in [0.1, 0.15) is 5.82 Å². The van der Waals surface area contributed by atoms with Crippen molar-refractivity contribution in [2.75, 3.05) is 5.73 Å². The monoisotopic (exact) mass is 275 g/mol. The highest BCUT2D eigenvalue weighted by molar-refractivity contribution is 7.09. The van der Waals surface area contributed by atoms with Crippen molar-refractivity contribution >= 4 is 17.0 Å². The molecule has 0 saturated carbocycles. The van der Waals surface area contributed by atoms with Crippen LogP contribution in [0.25, 0.3) is 11.5 Å². The molecule has 3 aromatic rings. The first-order chi connectivity index (χ1) is 9.22. The van der Waals surface area contributed by atoms with Crippen LogP contribution in [0.4, 0.5) is 10.1 Å². The van der Waals surface area contributed by atoms with Gasteiger partial charge in [-0.1, -0.05) is 11.2 Å². The van der Waals surface area contributed by atoms with E-state index in [0.717, 1.165) is 4.88 Å². The Labute approximate surface area is 112 Å². The number of thiophene rings is 1. The zero-order valence-corrected chi connectivity index (χ0v) is 10.7. The smallest absolute Gasteiger partial charge is 0.260 e. The van der Waals surface area contributed by atoms with E-state index in [0.29, 0.717) is 23.7 Å². The van der Waals surface area contributed by atoms with E-state index in [1.807, 2.05) is 17.5 Å². The van der Waals surface area contributed by atoms with Gasteiger partial charge in [0.05, 0.1) is 5.56 Å². The van der Waals surface area contributed by atoms with E-state index in [-0.39, 0.29) is 11.5 Å². The predicted molar refractivity (Wildman–Crippen MR) is 71.2 cm³/mol. The van der Waals surface area contributed by atoms with Crippen LogP contribution in [0, 0.1) is 5.82 Å². The van der Waals surface area contributed by atoms with Crippen molar-refractivity contribution in [1.29, 1.82) is 0 Å². The van der Waals surface area contributed by atoms with Crippen LogP contribution < -0.4 is 5.73 Å². The molecule has 1 aromatic carbocycles. The lowest BCUT2D eigenvalue weighted by atomic mass is 10.2. The fourth-order valence-electron chi connectivity index (χ4n) is 1.73. The fourth-order valence-corrected chi connectivity index (χ4v) is 2.43. The lowest BCUT2D eigenvalue weighted by Crippen LogP contribution is -1.92. The molecule has 0 atom stereocenters. The molecule has 0 aliphatic carbocycles. The largest absolute Gasteiger partial charge is 0.398 e. The number of anilines is 1. The minimum absolute atomic E-state index is 0.284. The number of aromatic nitrogens is 2. The molecule has 0 spiro atoms. The van der Waals surface area contributed by atoms with Crippen LogP contribution in [0.15, 0.2) is 40.2 Å². The molecular formula is C13H10FN3OS. The Morgan fingerprint density at radius 1 is 1.32 bits per heavy atom. The van der Waals surface area contributed by atoms with Crippen molar-refractivity contribution in [1.82, 2.24) is 10.1 Å². The molecule has 0 saturated heterocycles. The number of nitrogen functional groups attached to an aromatic ring is 1. The third-order valence-corrected chi connectivity index (χ3v) is 3.50. The average Bonchev–Trinajstić information content (AvgIpc) is 3.01. The molecule has 2 aromatic heterocycles. The summed E-state index contributed by atoms with van der Waals surface area (Å²) in [6.45, 7) is 0. The SMILES string of the molecule is Nc1cc(F)ccc1-c1nc(Cc2cccs2)no1. The van der Waals surface area contributed by atoms with Crippen LogP contribution in [0.2, 0.25) is 0 Å². The Morgan fingerprint density at radius 2 is 2.21 bits per heavy atom. The molecule has 6 heteroatoms. The summed E-state index contributed by atoms with van der Waals surface area (Å²) in [4.78, 5) is 5.42. The summed E-state index contributed by atoms with van der Waals surface area (Å²) >= 11 is 1.63. The lowest BCUT2D eigenvalue weighted by molar-refractivity contribution is 0.424. The second-order valence-corrected chi connectivity index (χ2v) is 5.04. The molecule has 0 fully saturated rings. The molecule has 2 N–H and O–H groups in total. The van der Waals surface area contributed by atoms with Crippen LogP contribution in [0.1, 0.15) is 10.7 Å². The topological polar surface area (TPSA) is 64.9 Å². The van der Waals surface area contributed by atoms with E-state index < -0.39 is 0 Å². The first-order valence-corrected chi connectivity index (χ1v) is 6.51. The Morgan fingerprint density at radius 3 is 2.95 bits per heavy atom. The normalized spacial score (nSPS) is 10.8. The minimum Gasteiger partial charge on any atom is -0.398 e. The molecule has 3 rings (SSSR count). The van der Waals surface area contributed by atoms with Gasteiger partial charge in [-0.2, -0.15) is 4.98 Å². The number of nitrogens with zero attached hydrogens (tertiary/aromatic N) is 2. The number of halogens is 1. The third kappa shape index (κ3) is 2.48. The number of nitrogens with two attached hydrogens (primary N) is 1. The van der Waals surface area contributed by atoms with Gasteiger partial charge in [0.2, 0.25) is 0 Å². The quantitative estimate of drug-likeness (QED) is 0.746. The number of hydrogen-bond donors (Lipinski definition) is 1. The third-order valence-electron chi connectivity index (χ3n) is 2.62. The molecule has 0 amide bonds. The maximum absolute atomic E-state index is 13.0. The van der Waals surface area contributed by atoms with Gasteiger partial charge in [-0.05, 0) is 29.6 Å². The van der Waals surface area contributed by atoms with Crippen LogP contribution in [-0.4, -0.2) is 10.1 Å². The van der Waals surface area contributed by atoms with E-state index in [1.54, 1.807) is 11.3 Å². The van der Waals surface area contributed by atoms with Gasteiger partial charge in [0, 0.05) is 17.0 Å². The summed E-state index contributed by atoms with van der Waals surface area (Å²) < 4.78 is 18.1. The van der Waals surface area contributed by atoms with E-state index >= 15 is 0 Å². The van der Waals surface area contributed by atoms with Gasteiger partial charge in [-0.3, -0.25) is 0 Å². The second-order valence-electron chi connectivity index (χ2n) is 4.00. The van der Waals surface area contributed by atoms with Crippen molar-refractivity contribution in [3.05, 3.63) is 52.2 Å². The van der Waals surface area contributed by atoms with E-state index in [4.69, 9.17) is 10.3 Å². The summed E-state index contributed by atoms with van der Waals surface area (Å²) in [6.07, 6.45) is 0.613. The van der Waals surface area contributed by atoms with Gasteiger partial charge in [0.25, 0.3) is 5.89 Å². The highest BCUT2D eigenvalue weighted by Gasteiger charge is 2.12.